The molecule has 0 radical (unpaired) electrons. The van der Waals surface area contributed by atoms with Crippen LogP contribution < -0.4 is 5.32 Å². The van der Waals surface area contributed by atoms with Gasteiger partial charge in [-0.05, 0) is 56.7 Å². The van der Waals surface area contributed by atoms with E-state index in [0.717, 1.165) is 36.3 Å². The molecule has 1 aliphatic rings. The Morgan fingerprint density at radius 3 is 2.91 bits per heavy atom. The van der Waals surface area contributed by atoms with Crippen LogP contribution in [0, 0.1) is 0 Å². The molecule has 8 heteroatoms. The van der Waals surface area contributed by atoms with Gasteiger partial charge in [-0.3, -0.25) is 14.8 Å². The number of H-pyrrole nitrogens is 1. The van der Waals surface area contributed by atoms with Crippen LogP contribution >= 0.6 is 0 Å². The van der Waals surface area contributed by atoms with Gasteiger partial charge in [-0.25, -0.2) is 4.98 Å². The number of likely N-dealkylation sites (N-methyl/N-ethyl adjacent to an activating group) is 1. The first-order valence-corrected chi connectivity index (χ1v) is 11.9. The van der Waals surface area contributed by atoms with Gasteiger partial charge in [0.2, 0.25) is 5.91 Å². The van der Waals surface area contributed by atoms with Crippen molar-refractivity contribution in [1.29, 1.82) is 0 Å². The van der Waals surface area contributed by atoms with Crippen LogP contribution in [0.3, 0.4) is 0 Å². The molecule has 34 heavy (non-hydrogen) atoms. The number of nitrogens with one attached hydrogen (secondary N) is 2. The third kappa shape index (κ3) is 6.50. The molecular formula is C26H34N6O2. The lowest BCUT2D eigenvalue weighted by Crippen LogP contribution is -2.36. The molecule has 2 aromatic heterocycles. The minimum absolute atomic E-state index is 0.0870. The number of amides is 1. The number of benzene rings is 1. The Morgan fingerprint density at radius 1 is 1.24 bits per heavy atom. The van der Waals surface area contributed by atoms with Crippen molar-refractivity contribution in [2.45, 2.75) is 31.9 Å². The van der Waals surface area contributed by atoms with E-state index >= 15 is 0 Å². The number of rotatable bonds is 10. The lowest BCUT2D eigenvalue weighted by molar-refractivity contribution is -0.116. The van der Waals surface area contributed by atoms with Crippen LogP contribution in [-0.4, -0.2) is 71.2 Å². The van der Waals surface area contributed by atoms with E-state index in [1.165, 1.54) is 18.4 Å². The number of nitrogens with zero attached hydrogens (tertiary/aromatic N) is 4. The average molecular weight is 463 g/mol. The minimum Gasteiger partial charge on any atom is -0.375 e. The topological polar surface area (TPSA) is 86.4 Å². The van der Waals surface area contributed by atoms with Crippen LogP contribution in [0.1, 0.15) is 36.6 Å². The number of carbonyl (C=O) groups is 1. The third-order valence-electron chi connectivity index (χ3n) is 6.05. The predicted molar refractivity (Wildman–Crippen MR) is 133 cm³/mol. The summed E-state index contributed by atoms with van der Waals surface area (Å²) in [6.07, 6.45) is 7.05. The normalized spacial score (nSPS) is 16.6. The monoisotopic (exact) mass is 462 g/mol. The number of hydrogen-bond donors (Lipinski definition) is 2. The Hall–Kier alpha value is -3.07. The smallest absolute Gasteiger partial charge is 0.239 e. The van der Waals surface area contributed by atoms with Gasteiger partial charge in [0.1, 0.15) is 5.82 Å². The highest BCUT2D eigenvalue weighted by atomic mass is 16.5. The molecule has 1 atom stereocenters. The Labute approximate surface area is 201 Å². The number of pyridine rings is 1. The molecule has 2 N–H and O–H groups in total. The second-order valence-corrected chi connectivity index (χ2v) is 9.00. The average Bonchev–Trinajstić information content (AvgIpc) is 3.32. The molecule has 0 aliphatic carbocycles. The summed E-state index contributed by atoms with van der Waals surface area (Å²) in [6.45, 7) is 3.55. The van der Waals surface area contributed by atoms with Gasteiger partial charge in [0.05, 0.1) is 37.7 Å². The van der Waals surface area contributed by atoms with Gasteiger partial charge in [-0.1, -0.05) is 36.8 Å². The molecule has 1 fully saturated rings. The van der Waals surface area contributed by atoms with Crippen LogP contribution in [0.4, 0.5) is 5.82 Å². The first-order valence-electron chi connectivity index (χ1n) is 11.9. The number of aromatic nitrogens is 3. The molecule has 1 aromatic carbocycles. The lowest BCUT2D eigenvalue weighted by Gasteiger charge is -2.35. The molecule has 0 spiro atoms. The first-order chi connectivity index (χ1) is 16.6. The van der Waals surface area contributed by atoms with Crippen molar-refractivity contribution < 1.29 is 9.53 Å². The zero-order chi connectivity index (χ0) is 23.8. The minimum atomic E-state index is -0.0870. The summed E-state index contributed by atoms with van der Waals surface area (Å²) < 4.78 is 5.96. The van der Waals surface area contributed by atoms with Crippen LogP contribution in [0.25, 0.3) is 11.1 Å². The molecule has 1 amide bonds. The van der Waals surface area contributed by atoms with E-state index in [4.69, 9.17) is 4.74 Å². The summed E-state index contributed by atoms with van der Waals surface area (Å²) in [5.41, 5.74) is 4.34. The molecule has 1 saturated heterocycles. The van der Waals surface area contributed by atoms with Crippen LogP contribution in [0.15, 0.2) is 54.9 Å². The largest absolute Gasteiger partial charge is 0.375 e. The maximum absolute atomic E-state index is 12.2. The molecule has 3 aromatic rings. The number of ether oxygens (including phenoxy) is 1. The van der Waals surface area contributed by atoms with E-state index in [9.17, 15) is 4.79 Å². The Morgan fingerprint density at radius 2 is 2.09 bits per heavy atom. The summed E-state index contributed by atoms with van der Waals surface area (Å²) in [4.78, 5) is 20.8. The first kappa shape index (κ1) is 24.1. The fourth-order valence-electron chi connectivity index (χ4n) is 4.45. The Balaban J connectivity index is 1.42. The van der Waals surface area contributed by atoms with Crippen molar-refractivity contribution in [3.63, 3.8) is 0 Å². The van der Waals surface area contributed by atoms with Crippen molar-refractivity contribution in [3.8, 4) is 11.1 Å². The van der Waals surface area contributed by atoms with Gasteiger partial charge in [-0.15, -0.1) is 0 Å². The zero-order valence-electron chi connectivity index (χ0n) is 20.0. The van der Waals surface area contributed by atoms with Crippen molar-refractivity contribution in [1.82, 2.24) is 25.0 Å². The van der Waals surface area contributed by atoms with Crippen LogP contribution in [-0.2, 0) is 16.1 Å². The van der Waals surface area contributed by atoms with Gasteiger partial charge in [0, 0.05) is 18.3 Å². The van der Waals surface area contributed by atoms with Crippen molar-refractivity contribution in [2.24, 2.45) is 0 Å². The van der Waals surface area contributed by atoms with Crippen molar-refractivity contribution >= 4 is 11.7 Å². The summed E-state index contributed by atoms with van der Waals surface area (Å²) in [6, 6.07) is 14.4. The van der Waals surface area contributed by atoms with E-state index in [1.54, 1.807) is 6.20 Å². The molecule has 3 heterocycles. The quantitative estimate of drug-likeness (QED) is 0.447. The summed E-state index contributed by atoms with van der Waals surface area (Å²) >= 11 is 0. The highest BCUT2D eigenvalue weighted by molar-refractivity contribution is 5.91. The van der Waals surface area contributed by atoms with Gasteiger partial charge in [0.25, 0.3) is 0 Å². The fourth-order valence-corrected chi connectivity index (χ4v) is 4.45. The van der Waals surface area contributed by atoms with E-state index in [-0.39, 0.29) is 11.9 Å². The van der Waals surface area contributed by atoms with Gasteiger partial charge < -0.3 is 15.0 Å². The number of likely N-dealkylation sites (tertiary alicyclic amines) is 1. The maximum atomic E-state index is 12.2. The van der Waals surface area contributed by atoms with E-state index in [0.29, 0.717) is 25.6 Å². The number of aromatic amines is 1. The second kappa shape index (κ2) is 11.9. The zero-order valence-corrected chi connectivity index (χ0v) is 20.0. The standard InChI is InChI=1S/C26H34N6O2/c1-31(2)18-25(33)29-24-16-21(11-12-27-24)22-17-28-30-26(22)23-10-6-7-13-32(23)14-15-34-19-20-8-4-3-5-9-20/h3-5,8-9,11-12,16-17,23H,6-7,10,13-15,18-19H2,1-2H3,(H,28,30)(H,27,29,33)/t23-/m1/s1. The molecule has 4 rings (SSSR count). The van der Waals surface area contributed by atoms with E-state index in [1.807, 2.05) is 55.5 Å². The number of hydrogen-bond acceptors (Lipinski definition) is 6. The molecule has 0 bridgehead atoms. The fraction of sp³-hybridized carbons (Fsp3) is 0.423. The summed E-state index contributed by atoms with van der Waals surface area (Å²) in [7, 11) is 3.73. The van der Waals surface area contributed by atoms with E-state index < -0.39 is 0 Å². The highest BCUT2D eigenvalue weighted by Crippen LogP contribution is 2.35. The number of piperidine rings is 1. The maximum Gasteiger partial charge on any atom is 0.239 e. The van der Waals surface area contributed by atoms with Crippen LogP contribution in [0.2, 0.25) is 0 Å². The molecule has 0 saturated carbocycles. The molecule has 1 aliphatic heterocycles. The van der Waals surface area contributed by atoms with E-state index in [2.05, 4.69) is 37.5 Å². The van der Waals surface area contributed by atoms with Gasteiger partial charge in [0.15, 0.2) is 0 Å². The number of anilines is 1. The SMILES string of the molecule is CN(C)CC(=O)Nc1cc(-c2cn[nH]c2[C@H]2CCCCN2CCOCc2ccccc2)ccn1. The lowest BCUT2D eigenvalue weighted by atomic mass is 9.95. The van der Waals surface area contributed by atoms with Crippen LogP contribution in [0.5, 0.6) is 0 Å². The predicted octanol–water partition coefficient (Wildman–Crippen LogP) is 3.72. The molecule has 8 nitrogen and oxygen atoms in total. The Bertz CT molecular complexity index is 1050. The molecule has 180 valence electrons. The van der Waals surface area contributed by atoms with Gasteiger partial charge in [-0.2, -0.15) is 5.10 Å². The summed E-state index contributed by atoms with van der Waals surface area (Å²) in [5, 5.41) is 10.5. The molecule has 0 unspecified atom stereocenters. The molecular weight excluding hydrogens is 428 g/mol. The third-order valence-corrected chi connectivity index (χ3v) is 6.05. The highest BCUT2D eigenvalue weighted by Gasteiger charge is 2.27. The second-order valence-electron chi connectivity index (χ2n) is 9.00. The van der Waals surface area contributed by atoms with Crippen molar-refractivity contribution in [3.05, 3.63) is 66.1 Å². The van der Waals surface area contributed by atoms with Gasteiger partial charge >= 0.3 is 0 Å². The summed E-state index contributed by atoms with van der Waals surface area (Å²) in [5.74, 6) is 0.460. The van der Waals surface area contributed by atoms with Crippen molar-refractivity contribution in [2.75, 3.05) is 45.7 Å². The Kier molecular flexibility index (Phi) is 8.41. The number of carbonyl (C=O) groups excluding carboxylic acids is 1.